The molecule has 0 N–H and O–H groups in total. The lowest BCUT2D eigenvalue weighted by Crippen LogP contribution is -2.52. The van der Waals surface area contributed by atoms with Gasteiger partial charge >= 0.3 is 0 Å². The average molecular weight is 288 g/mol. The monoisotopic (exact) mass is 288 g/mol. The Morgan fingerprint density at radius 3 is 2.71 bits per heavy atom. The molecule has 2 heterocycles. The first-order chi connectivity index (χ1) is 10.1. The summed E-state index contributed by atoms with van der Waals surface area (Å²) in [7, 11) is 1.70. The molecule has 21 heavy (non-hydrogen) atoms. The SMILES string of the molecule is CC1CCN(C(=O)c2ccc(=O)n(C)c2)C2CCCCC12. The largest absolute Gasteiger partial charge is 0.335 e. The second-order valence-corrected chi connectivity index (χ2v) is 6.65. The van der Waals surface area contributed by atoms with Crippen LogP contribution in [-0.4, -0.2) is 28.0 Å². The van der Waals surface area contributed by atoms with Gasteiger partial charge in [0.2, 0.25) is 5.56 Å². The number of fused-ring (bicyclic) bond motifs is 1. The number of likely N-dealkylation sites (tertiary alicyclic amines) is 1. The molecule has 114 valence electrons. The van der Waals surface area contributed by atoms with Crippen molar-refractivity contribution >= 4 is 5.91 Å². The Balaban J connectivity index is 1.86. The highest BCUT2D eigenvalue weighted by Gasteiger charge is 2.39. The molecule has 0 bridgehead atoms. The zero-order chi connectivity index (χ0) is 15.0. The lowest BCUT2D eigenvalue weighted by atomic mass is 9.72. The predicted octanol–water partition coefficient (Wildman–Crippen LogP) is 2.43. The number of aromatic nitrogens is 1. The van der Waals surface area contributed by atoms with Crippen molar-refractivity contribution in [3.8, 4) is 0 Å². The van der Waals surface area contributed by atoms with Gasteiger partial charge in [-0.25, -0.2) is 0 Å². The van der Waals surface area contributed by atoms with E-state index in [1.54, 1.807) is 19.3 Å². The average Bonchev–Trinajstić information content (AvgIpc) is 2.50. The van der Waals surface area contributed by atoms with Gasteiger partial charge in [-0.15, -0.1) is 0 Å². The molecule has 1 aromatic heterocycles. The van der Waals surface area contributed by atoms with Crippen molar-refractivity contribution in [3.63, 3.8) is 0 Å². The highest BCUT2D eigenvalue weighted by Crippen LogP contribution is 2.39. The van der Waals surface area contributed by atoms with Crippen molar-refractivity contribution in [3.05, 3.63) is 34.2 Å². The van der Waals surface area contributed by atoms with Crippen LogP contribution in [0.5, 0.6) is 0 Å². The second-order valence-electron chi connectivity index (χ2n) is 6.65. The summed E-state index contributed by atoms with van der Waals surface area (Å²) in [5, 5.41) is 0. The van der Waals surface area contributed by atoms with Crippen LogP contribution >= 0.6 is 0 Å². The van der Waals surface area contributed by atoms with Crippen LogP contribution in [0.25, 0.3) is 0 Å². The van der Waals surface area contributed by atoms with E-state index in [1.165, 1.54) is 29.9 Å². The van der Waals surface area contributed by atoms with Crippen molar-refractivity contribution in [1.82, 2.24) is 9.47 Å². The van der Waals surface area contributed by atoms with Crippen molar-refractivity contribution in [2.24, 2.45) is 18.9 Å². The van der Waals surface area contributed by atoms with E-state index in [2.05, 4.69) is 11.8 Å². The van der Waals surface area contributed by atoms with Crippen LogP contribution in [0.1, 0.15) is 49.4 Å². The van der Waals surface area contributed by atoms with Gasteiger partial charge in [0, 0.05) is 31.9 Å². The number of amides is 1. The first kappa shape index (κ1) is 14.4. The number of hydrogen-bond acceptors (Lipinski definition) is 2. The Morgan fingerprint density at radius 1 is 1.19 bits per heavy atom. The molecule has 1 saturated carbocycles. The molecule has 0 spiro atoms. The van der Waals surface area contributed by atoms with E-state index >= 15 is 0 Å². The van der Waals surface area contributed by atoms with E-state index in [1.807, 2.05) is 0 Å². The van der Waals surface area contributed by atoms with E-state index in [0.717, 1.165) is 25.3 Å². The summed E-state index contributed by atoms with van der Waals surface area (Å²) in [6, 6.07) is 3.55. The minimum Gasteiger partial charge on any atom is -0.335 e. The molecular formula is C17H24N2O2. The van der Waals surface area contributed by atoms with Gasteiger partial charge < -0.3 is 9.47 Å². The van der Waals surface area contributed by atoms with Gasteiger partial charge in [0.05, 0.1) is 5.56 Å². The first-order valence-electron chi connectivity index (χ1n) is 8.05. The first-order valence-corrected chi connectivity index (χ1v) is 8.05. The third-order valence-electron chi connectivity index (χ3n) is 5.33. The summed E-state index contributed by atoms with van der Waals surface area (Å²) in [5.41, 5.74) is 0.560. The smallest absolute Gasteiger partial charge is 0.255 e. The fraction of sp³-hybridized carbons (Fsp3) is 0.647. The summed E-state index contributed by atoms with van der Waals surface area (Å²) in [4.78, 5) is 26.4. The Bertz CT molecular complexity index is 593. The summed E-state index contributed by atoms with van der Waals surface area (Å²) >= 11 is 0. The van der Waals surface area contributed by atoms with E-state index in [9.17, 15) is 9.59 Å². The molecule has 3 atom stereocenters. The van der Waals surface area contributed by atoms with Crippen LogP contribution in [0, 0.1) is 11.8 Å². The summed E-state index contributed by atoms with van der Waals surface area (Å²) in [6.07, 6.45) is 7.67. The van der Waals surface area contributed by atoms with Crippen LogP contribution in [0.15, 0.2) is 23.1 Å². The Labute approximate surface area is 125 Å². The summed E-state index contributed by atoms with van der Waals surface area (Å²) in [5.74, 6) is 1.47. The van der Waals surface area contributed by atoms with Crippen molar-refractivity contribution in [2.45, 2.75) is 45.1 Å². The third-order valence-corrected chi connectivity index (χ3v) is 5.33. The van der Waals surface area contributed by atoms with Crippen LogP contribution in [-0.2, 0) is 7.05 Å². The zero-order valence-corrected chi connectivity index (χ0v) is 12.9. The number of aryl methyl sites for hydroxylation is 1. The lowest BCUT2D eigenvalue weighted by molar-refractivity contribution is 0.0217. The molecule has 1 saturated heterocycles. The van der Waals surface area contributed by atoms with Crippen LogP contribution in [0.3, 0.4) is 0 Å². The topological polar surface area (TPSA) is 42.3 Å². The molecule has 1 amide bonds. The predicted molar refractivity (Wildman–Crippen MR) is 82.2 cm³/mol. The maximum Gasteiger partial charge on any atom is 0.255 e. The quantitative estimate of drug-likeness (QED) is 0.796. The third kappa shape index (κ3) is 2.63. The van der Waals surface area contributed by atoms with Gasteiger partial charge in [0.1, 0.15) is 0 Å². The standard InChI is InChI=1S/C17H24N2O2/c1-12-9-10-19(15-6-4-3-5-14(12)15)17(21)13-7-8-16(20)18(2)11-13/h7-8,11-12,14-15H,3-6,9-10H2,1-2H3. The van der Waals surface area contributed by atoms with Gasteiger partial charge in [0.25, 0.3) is 5.91 Å². The maximum absolute atomic E-state index is 12.8. The van der Waals surface area contributed by atoms with Crippen LogP contribution in [0.2, 0.25) is 0 Å². The molecule has 1 aromatic rings. The summed E-state index contributed by atoms with van der Waals surface area (Å²) in [6.45, 7) is 3.18. The van der Waals surface area contributed by atoms with E-state index in [0.29, 0.717) is 17.5 Å². The Hall–Kier alpha value is -1.58. The molecule has 0 aromatic carbocycles. The number of carbonyl (C=O) groups excluding carboxylic acids is 1. The van der Waals surface area contributed by atoms with E-state index in [4.69, 9.17) is 0 Å². The van der Waals surface area contributed by atoms with Crippen molar-refractivity contribution in [1.29, 1.82) is 0 Å². The molecule has 3 rings (SSSR count). The van der Waals surface area contributed by atoms with Gasteiger partial charge in [-0.1, -0.05) is 19.8 Å². The molecule has 1 aliphatic carbocycles. The fourth-order valence-corrected chi connectivity index (χ4v) is 4.05. The molecule has 2 fully saturated rings. The minimum absolute atomic E-state index is 0.0747. The number of rotatable bonds is 1. The number of hydrogen-bond donors (Lipinski definition) is 0. The highest BCUT2D eigenvalue weighted by atomic mass is 16.2. The normalized spacial score (nSPS) is 29.0. The molecule has 2 aliphatic rings. The molecule has 0 radical (unpaired) electrons. The Kier molecular flexibility index (Phi) is 3.87. The van der Waals surface area contributed by atoms with Gasteiger partial charge in [-0.2, -0.15) is 0 Å². The number of pyridine rings is 1. The highest BCUT2D eigenvalue weighted by molar-refractivity contribution is 5.94. The summed E-state index contributed by atoms with van der Waals surface area (Å²) < 4.78 is 1.48. The number of carbonyl (C=O) groups is 1. The molecule has 3 unspecified atom stereocenters. The van der Waals surface area contributed by atoms with E-state index < -0.39 is 0 Å². The lowest BCUT2D eigenvalue weighted by Gasteiger charge is -2.47. The zero-order valence-electron chi connectivity index (χ0n) is 12.9. The van der Waals surface area contributed by atoms with E-state index in [-0.39, 0.29) is 11.5 Å². The minimum atomic E-state index is -0.0747. The van der Waals surface area contributed by atoms with Gasteiger partial charge in [-0.3, -0.25) is 9.59 Å². The molecular weight excluding hydrogens is 264 g/mol. The second kappa shape index (κ2) is 5.66. The number of piperidine rings is 1. The van der Waals surface area contributed by atoms with Gasteiger partial charge in [-0.05, 0) is 37.2 Å². The molecule has 1 aliphatic heterocycles. The number of nitrogens with zero attached hydrogens (tertiary/aromatic N) is 2. The van der Waals surface area contributed by atoms with Crippen LogP contribution < -0.4 is 5.56 Å². The molecule has 4 heteroatoms. The van der Waals surface area contributed by atoms with Crippen molar-refractivity contribution < 1.29 is 4.79 Å². The molecule has 4 nitrogen and oxygen atoms in total. The van der Waals surface area contributed by atoms with Crippen molar-refractivity contribution in [2.75, 3.05) is 6.54 Å². The van der Waals surface area contributed by atoms with Gasteiger partial charge in [0.15, 0.2) is 0 Å². The fourth-order valence-electron chi connectivity index (χ4n) is 4.05. The maximum atomic E-state index is 12.8. The Morgan fingerprint density at radius 2 is 1.95 bits per heavy atom. The van der Waals surface area contributed by atoms with Crippen LogP contribution in [0.4, 0.5) is 0 Å².